The van der Waals surface area contributed by atoms with E-state index >= 15 is 0 Å². The van der Waals surface area contributed by atoms with E-state index in [1.54, 1.807) is 43.5 Å². The number of carbonyl (C=O) groups excluding carboxylic acids is 1. The minimum Gasteiger partial charge on any atom is -0.497 e. The smallest absolute Gasteiger partial charge is 0.265 e. The van der Waals surface area contributed by atoms with Gasteiger partial charge in [-0.2, -0.15) is 0 Å². The number of carbonyl (C=O) groups is 1. The summed E-state index contributed by atoms with van der Waals surface area (Å²) in [6, 6.07) is 10.1. The summed E-state index contributed by atoms with van der Waals surface area (Å²) in [6.07, 6.45) is -0.551. The van der Waals surface area contributed by atoms with E-state index in [1.165, 1.54) is 24.5 Å². The fourth-order valence-corrected chi connectivity index (χ4v) is 5.24. The van der Waals surface area contributed by atoms with E-state index in [1.807, 2.05) is 6.07 Å². The summed E-state index contributed by atoms with van der Waals surface area (Å²) in [5.74, 6) is 0.944. The molecule has 10 heteroatoms. The van der Waals surface area contributed by atoms with Crippen LogP contribution in [0, 0.1) is 6.92 Å². The molecule has 0 spiro atoms. The zero-order chi connectivity index (χ0) is 21.5. The van der Waals surface area contributed by atoms with Crippen molar-refractivity contribution in [2.24, 2.45) is 0 Å². The number of benzene rings is 2. The van der Waals surface area contributed by atoms with Gasteiger partial charge in [0.15, 0.2) is 11.2 Å². The van der Waals surface area contributed by atoms with Crippen LogP contribution in [-0.2, 0) is 14.8 Å². The predicted octanol–water partition coefficient (Wildman–Crippen LogP) is 3.65. The lowest BCUT2D eigenvalue weighted by Crippen LogP contribution is -2.34. The standard InChI is InChI=1S/C20H19N3O5S2/c1-11-8-14(27-3)5-7-18(11)30(25,26)23-20-22-16(10-29-20)13-4-6-17-15(9-13)21-19(24)12(2)28-17/h4-10,12H,1-3H3,(H,21,24)(H,22,23). The summed E-state index contributed by atoms with van der Waals surface area (Å²) in [4.78, 5) is 16.4. The molecule has 1 atom stereocenters. The number of sulfonamides is 1. The molecule has 0 saturated carbocycles. The zero-order valence-corrected chi connectivity index (χ0v) is 18.1. The van der Waals surface area contributed by atoms with Gasteiger partial charge < -0.3 is 14.8 Å². The average Bonchev–Trinajstić information content (AvgIpc) is 3.16. The highest BCUT2D eigenvalue weighted by Crippen LogP contribution is 2.35. The van der Waals surface area contributed by atoms with Crippen LogP contribution in [0.1, 0.15) is 12.5 Å². The van der Waals surface area contributed by atoms with Crippen LogP contribution in [0.15, 0.2) is 46.7 Å². The summed E-state index contributed by atoms with van der Waals surface area (Å²) in [6.45, 7) is 3.38. The number of fused-ring (bicyclic) bond motifs is 1. The van der Waals surface area contributed by atoms with Crippen molar-refractivity contribution in [3.8, 4) is 22.8 Å². The number of aromatic nitrogens is 1. The van der Waals surface area contributed by atoms with Gasteiger partial charge >= 0.3 is 0 Å². The Morgan fingerprint density at radius 2 is 2.03 bits per heavy atom. The van der Waals surface area contributed by atoms with E-state index < -0.39 is 16.1 Å². The van der Waals surface area contributed by atoms with Crippen LogP contribution < -0.4 is 19.5 Å². The number of anilines is 2. The van der Waals surface area contributed by atoms with Gasteiger partial charge in [0.05, 0.1) is 23.4 Å². The van der Waals surface area contributed by atoms with Crippen LogP contribution in [0.25, 0.3) is 11.3 Å². The van der Waals surface area contributed by atoms with Crippen LogP contribution in [0.2, 0.25) is 0 Å². The van der Waals surface area contributed by atoms with Gasteiger partial charge in [0.1, 0.15) is 11.5 Å². The fraction of sp³-hybridized carbons (Fsp3) is 0.200. The van der Waals surface area contributed by atoms with Crippen molar-refractivity contribution in [2.75, 3.05) is 17.1 Å². The maximum atomic E-state index is 12.8. The molecule has 2 heterocycles. The summed E-state index contributed by atoms with van der Waals surface area (Å²) in [5.41, 5.74) is 2.44. The Bertz CT molecular complexity index is 1240. The molecule has 1 aliphatic heterocycles. The second kappa shape index (κ2) is 7.62. The Kier molecular flexibility index (Phi) is 5.12. The van der Waals surface area contributed by atoms with Crippen molar-refractivity contribution in [3.63, 3.8) is 0 Å². The molecule has 8 nitrogen and oxygen atoms in total. The number of methoxy groups -OCH3 is 1. The van der Waals surface area contributed by atoms with Crippen LogP contribution >= 0.6 is 11.3 Å². The summed E-state index contributed by atoms with van der Waals surface area (Å²) in [5, 5.41) is 4.78. The van der Waals surface area contributed by atoms with Crippen LogP contribution in [0.3, 0.4) is 0 Å². The molecule has 1 unspecified atom stereocenters. The SMILES string of the molecule is COc1ccc(S(=O)(=O)Nc2nc(-c3ccc4c(c3)NC(=O)C(C)O4)cs2)c(C)c1. The predicted molar refractivity (Wildman–Crippen MR) is 115 cm³/mol. The molecule has 0 aliphatic carbocycles. The summed E-state index contributed by atoms with van der Waals surface area (Å²) < 4.78 is 38.8. The highest BCUT2D eigenvalue weighted by atomic mass is 32.2. The van der Waals surface area contributed by atoms with Crippen LogP contribution in [0.5, 0.6) is 11.5 Å². The van der Waals surface area contributed by atoms with Gasteiger partial charge in [0.2, 0.25) is 0 Å². The first-order valence-corrected chi connectivity index (χ1v) is 11.4. The lowest BCUT2D eigenvalue weighted by molar-refractivity contribution is -0.122. The van der Waals surface area contributed by atoms with E-state index in [0.29, 0.717) is 28.4 Å². The molecular formula is C20H19N3O5S2. The first-order chi connectivity index (χ1) is 14.3. The minimum absolute atomic E-state index is 0.155. The topological polar surface area (TPSA) is 107 Å². The molecule has 156 valence electrons. The minimum atomic E-state index is -3.80. The first kappa shape index (κ1) is 20.2. The maximum Gasteiger partial charge on any atom is 0.265 e. The number of thiazole rings is 1. The van der Waals surface area contributed by atoms with E-state index in [0.717, 1.165) is 5.56 Å². The quantitative estimate of drug-likeness (QED) is 0.621. The average molecular weight is 446 g/mol. The number of hydrogen-bond donors (Lipinski definition) is 2. The van der Waals surface area contributed by atoms with Crippen molar-refractivity contribution in [1.82, 2.24) is 4.98 Å². The lowest BCUT2D eigenvalue weighted by atomic mass is 10.1. The maximum absolute atomic E-state index is 12.8. The molecule has 4 rings (SSSR count). The van der Waals surface area contributed by atoms with Crippen LogP contribution in [0.4, 0.5) is 10.8 Å². The van der Waals surface area contributed by atoms with Gasteiger partial charge in [-0.1, -0.05) is 0 Å². The van der Waals surface area contributed by atoms with Crippen molar-refractivity contribution in [2.45, 2.75) is 24.8 Å². The van der Waals surface area contributed by atoms with Gasteiger partial charge in [-0.3, -0.25) is 9.52 Å². The van der Waals surface area contributed by atoms with E-state index in [2.05, 4.69) is 15.0 Å². The van der Waals surface area contributed by atoms with E-state index in [4.69, 9.17) is 9.47 Å². The zero-order valence-electron chi connectivity index (χ0n) is 16.4. The van der Waals surface area contributed by atoms with Gasteiger partial charge in [-0.05, 0) is 55.8 Å². The molecule has 3 aromatic rings. The normalized spacial score (nSPS) is 15.7. The Labute approximate surface area is 177 Å². The molecule has 2 N–H and O–H groups in total. The number of hydrogen-bond acceptors (Lipinski definition) is 7. The molecule has 0 saturated heterocycles. The number of aryl methyl sites for hydroxylation is 1. The Morgan fingerprint density at radius 1 is 1.23 bits per heavy atom. The largest absolute Gasteiger partial charge is 0.497 e. The Hall–Kier alpha value is -3.11. The number of nitrogens with one attached hydrogen (secondary N) is 2. The van der Waals surface area contributed by atoms with Gasteiger partial charge in [-0.25, -0.2) is 13.4 Å². The fourth-order valence-electron chi connectivity index (χ4n) is 3.04. The third kappa shape index (κ3) is 3.83. The second-order valence-corrected chi connectivity index (χ2v) is 9.24. The third-order valence-electron chi connectivity index (χ3n) is 4.60. The molecule has 1 amide bonds. The molecule has 0 bridgehead atoms. The van der Waals surface area contributed by atoms with Crippen LogP contribution in [-0.4, -0.2) is 32.5 Å². The monoisotopic (exact) mass is 445 g/mol. The number of ether oxygens (including phenoxy) is 2. The second-order valence-electron chi connectivity index (χ2n) is 6.74. The number of amides is 1. The third-order valence-corrected chi connectivity index (χ3v) is 6.99. The van der Waals surface area contributed by atoms with Gasteiger partial charge in [0, 0.05) is 10.9 Å². The van der Waals surface area contributed by atoms with Crippen molar-refractivity contribution < 1.29 is 22.7 Å². The number of nitrogens with zero attached hydrogens (tertiary/aromatic N) is 1. The summed E-state index contributed by atoms with van der Waals surface area (Å²) >= 11 is 1.17. The molecule has 2 aromatic carbocycles. The lowest BCUT2D eigenvalue weighted by Gasteiger charge is -2.23. The first-order valence-electron chi connectivity index (χ1n) is 9.02. The molecule has 30 heavy (non-hydrogen) atoms. The molecule has 0 fully saturated rings. The van der Waals surface area contributed by atoms with Gasteiger partial charge in [0.25, 0.3) is 15.9 Å². The van der Waals surface area contributed by atoms with Crippen molar-refractivity contribution in [3.05, 3.63) is 47.3 Å². The molecule has 0 radical (unpaired) electrons. The summed E-state index contributed by atoms with van der Waals surface area (Å²) in [7, 11) is -2.28. The highest BCUT2D eigenvalue weighted by Gasteiger charge is 2.24. The van der Waals surface area contributed by atoms with Crippen molar-refractivity contribution in [1.29, 1.82) is 0 Å². The van der Waals surface area contributed by atoms with E-state index in [9.17, 15) is 13.2 Å². The van der Waals surface area contributed by atoms with Crippen molar-refractivity contribution >= 4 is 38.1 Å². The Morgan fingerprint density at radius 3 is 2.77 bits per heavy atom. The van der Waals surface area contributed by atoms with Gasteiger partial charge in [-0.15, -0.1) is 11.3 Å². The Balaban J connectivity index is 1.58. The number of rotatable bonds is 5. The highest BCUT2D eigenvalue weighted by molar-refractivity contribution is 7.93. The van der Waals surface area contributed by atoms with E-state index in [-0.39, 0.29) is 15.9 Å². The molecular weight excluding hydrogens is 426 g/mol. The molecule has 1 aliphatic rings. The molecule has 1 aromatic heterocycles.